The molecule has 0 aliphatic heterocycles. The van der Waals surface area contributed by atoms with Crippen LogP contribution in [0.4, 0.5) is 24.7 Å². The van der Waals surface area contributed by atoms with E-state index >= 15 is 0 Å². The van der Waals surface area contributed by atoms with Crippen molar-refractivity contribution in [1.82, 2.24) is 19.7 Å². The first-order valence-corrected chi connectivity index (χ1v) is 11.8. The average molecular weight is 579 g/mol. The zero-order chi connectivity index (χ0) is 26.5. The molecule has 194 valence electrons. The van der Waals surface area contributed by atoms with Crippen LogP contribution in [0.5, 0.6) is 5.75 Å². The monoisotopic (exact) mass is 578 g/mol. The summed E-state index contributed by atoms with van der Waals surface area (Å²) in [4.78, 5) is 20.9. The number of nitrogens with one attached hydrogen (secondary N) is 2. The summed E-state index contributed by atoms with van der Waals surface area (Å²) in [7, 11) is 1.25. The fraction of sp³-hybridized carbons (Fsp3) is 0.208. The van der Waals surface area contributed by atoms with Gasteiger partial charge in [0.1, 0.15) is 5.82 Å². The lowest BCUT2D eigenvalue weighted by molar-refractivity contribution is 0.0915. The molecule has 0 saturated heterocycles. The Bertz CT molecular complexity index is 1430. The minimum Gasteiger partial charge on any atom is -0.494 e. The molecule has 4 N–H and O–H groups in total. The highest BCUT2D eigenvalue weighted by atomic mass is 79.9. The molecule has 0 unspecified atom stereocenters. The van der Waals surface area contributed by atoms with Gasteiger partial charge >= 0.3 is 0 Å². The van der Waals surface area contributed by atoms with Crippen molar-refractivity contribution in [2.45, 2.75) is 0 Å². The number of methoxy groups -OCH3 is 1. The summed E-state index contributed by atoms with van der Waals surface area (Å²) in [5, 5.41) is 5.54. The third-order valence-corrected chi connectivity index (χ3v) is 5.92. The van der Waals surface area contributed by atoms with E-state index in [4.69, 9.17) is 15.2 Å². The number of amides is 1. The fourth-order valence-corrected chi connectivity index (χ4v) is 4.22. The van der Waals surface area contributed by atoms with Crippen LogP contribution in [0.2, 0.25) is 0 Å². The van der Waals surface area contributed by atoms with Crippen LogP contribution < -0.4 is 21.1 Å². The molecular formula is C24H22BrF3N6O3. The summed E-state index contributed by atoms with van der Waals surface area (Å²) in [6.45, 7) is 1.16. The highest BCUT2D eigenvalue weighted by Gasteiger charge is 2.20. The van der Waals surface area contributed by atoms with Crippen molar-refractivity contribution in [3.05, 3.63) is 70.3 Å². The van der Waals surface area contributed by atoms with Crippen LogP contribution in [0.1, 0.15) is 10.4 Å². The van der Waals surface area contributed by atoms with Crippen LogP contribution in [-0.4, -0.2) is 53.7 Å². The van der Waals surface area contributed by atoms with E-state index in [0.717, 1.165) is 6.07 Å². The number of fused-ring (bicyclic) bond motifs is 1. The van der Waals surface area contributed by atoms with E-state index in [1.807, 2.05) is 0 Å². The topological polar surface area (TPSA) is 116 Å². The number of imidazole rings is 1. The number of hydrogen-bond acceptors (Lipinski definition) is 7. The number of carbonyl (C=O) groups excluding carboxylic acids is 1. The Balaban J connectivity index is 1.58. The van der Waals surface area contributed by atoms with Gasteiger partial charge in [0.25, 0.3) is 5.91 Å². The Kier molecular flexibility index (Phi) is 8.26. The lowest BCUT2D eigenvalue weighted by Gasteiger charge is -2.12. The van der Waals surface area contributed by atoms with Gasteiger partial charge in [-0.15, -0.1) is 0 Å². The summed E-state index contributed by atoms with van der Waals surface area (Å²) in [5.41, 5.74) is 5.97. The van der Waals surface area contributed by atoms with Crippen LogP contribution in [0.15, 0.2) is 47.3 Å². The Morgan fingerprint density at radius 2 is 1.97 bits per heavy atom. The second kappa shape index (κ2) is 11.6. The first-order valence-electron chi connectivity index (χ1n) is 11.0. The molecule has 0 aliphatic carbocycles. The number of halogens is 4. The lowest BCUT2D eigenvalue weighted by atomic mass is 10.1. The van der Waals surface area contributed by atoms with Crippen LogP contribution in [0, 0.1) is 17.5 Å². The number of ether oxygens (including phenoxy) is 2. The molecule has 4 rings (SSSR count). The summed E-state index contributed by atoms with van der Waals surface area (Å²) >= 11 is 3.24. The van der Waals surface area contributed by atoms with Gasteiger partial charge in [-0.25, -0.2) is 18.7 Å². The van der Waals surface area contributed by atoms with E-state index < -0.39 is 23.4 Å². The van der Waals surface area contributed by atoms with Crippen molar-refractivity contribution in [2.24, 2.45) is 5.73 Å². The highest BCUT2D eigenvalue weighted by molar-refractivity contribution is 9.10. The maximum Gasteiger partial charge on any atom is 0.255 e. The van der Waals surface area contributed by atoms with Gasteiger partial charge in [0.05, 0.1) is 37.8 Å². The minimum atomic E-state index is -1.12. The van der Waals surface area contributed by atoms with Crippen molar-refractivity contribution in [3.8, 4) is 17.0 Å². The Morgan fingerprint density at radius 3 is 2.70 bits per heavy atom. The number of nitrogens with two attached hydrogens (primary N) is 1. The van der Waals surface area contributed by atoms with Gasteiger partial charge in [-0.05, 0) is 40.2 Å². The second-order valence-corrected chi connectivity index (χ2v) is 8.51. The van der Waals surface area contributed by atoms with E-state index in [-0.39, 0.29) is 57.3 Å². The smallest absolute Gasteiger partial charge is 0.255 e. The number of benzene rings is 2. The molecule has 13 heteroatoms. The van der Waals surface area contributed by atoms with E-state index in [1.54, 1.807) is 0 Å². The number of nitrogens with zero attached hydrogens (tertiary/aromatic N) is 3. The standard InChI is InChI=1S/C24H22BrF3N6O3/c1-36-18-3-2-14(20(27)21(18)28)17-12-32-23-22(30-5-7-34(17)23)33-13-10-15(25)19(16(26)11-13)24(35)31-6-9-37-8-4-29/h2-3,5,7,10-12H,4,6,8-9,29H2,1H3,(H,30,33)(H,31,35). The van der Waals surface area contributed by atoms with Crippen molar-refractivity contribution < 1.29 is 27.4 Å². The summed E-state index contributed by atoms with van der Waals surface area (Å²) in [6, 6.07) is 5.35. The number of carbonyl (C=O) groups is 1. The number of aromatic nitrogens is 3. The zero-order valence-electron chi connectivity index (χ0n) is 19.5. The van der Waals surface area contributed by atoms with Crippen LogP contribution in [0.25, 0.3) is 16.9 Å². The number of anilines is 2. The molecule has 0 saturated carbocycles. The molecule has 1 amide bonds. The van der Waals surface area contributed by atoms with E-state index in [2.05, 4.69) is 36.5 Å². The van der Waals surface area contributed by atoms with Crippen molar-refractivity contribution >= 4 is 39.0 Å². The second-order valence-electron chi connectivity index (χ2n) is 7.65. The van der Waals surface area contributed by atoms with E-state index in [1.165, 1.54) is 48.3 Å². The first-order chi connectivity index (χ1) is 17.8. The van der Waals surface area contributed by atoms with Crippen LogP contribution in [0.3, 0.4) is 0 Å². The molecule has 0 spiro atoms. The van der Waals surface area contributed by atoms with Gasteiger partial charge in [-0.2, -0.15) is 4.39 Å². The van der Waals surface area contributed by atoms with Crippen molar-refractivity contribution in [3.63, 3.8) is 0 Å². The molecule has 9 nitrogen and oxygen atoms in total. The van der Waals surface area contributed by atoms with Crippen LogP contribution >= 0.6 is 15.9 Å². The normalized spacial score (nSPS) is 11.1. The van der Waals surface area contributed by atoms with Crippen LogP contribution in [-0.2, 0) is 4.74 Å². The van der Waals surface area contributed by atoms with E-state index in [0.29, 0.717) is 13.2 Å². The Morgan fingerprint density at radius 1 is 1.16 bits per heavy atom. The quantitative estimate of drug-likeness (QED) is 0.243. The predicted octanol–water partition coefficient (Wildman–Crippen LogP) is 4.03. The van der Waals surface area contributed by atoms with Crippen molar-refractivity contribution in [2.75, 3.05) is 38.7 Å². The predicted molar refractivity (Wildman–Crippen MR) is 134 cm³/mol. The molecule has 2 heterocycles. The van der Waals surface area contributed by atoms with E-state index in [9.17, 15) is 18.0 Å². The molecular weight excluding hydrogens is 557 g/mol. The molecule has 2 aromatic heterocycles. The summed E-state index contributed by atoms with van der Waals surface area (Å²) < 4.78 is 55.6. The molecule has 0 radical (unpaired) electrons. The molecule has 0 atom stereocenters. The Hall–Kier alpha value is -3.68. The molecule has 0 fully saturated rings. The molecule has 37 heavy (non-hydrogen) atoms. The number of hydrogen-bond donors (Lipinski definition) is 3. The lowest BCUT2D eigenvalue weighted by Crippen LogP contribution is -2.29. The van der Waals surface area contributed by atoms with Gasteiger partial charge < -0.3 is 25.8 Å². The fourth-order valence-electron chi connectivity index (χ4n) is 3.60. The molecule has 0 aliphatic rings. The third kappa shape index (κ3) is 5.53. The minimum absolute atomic E-state index is 0.0273. The first kappa shape index (κ1) is 26.4. The van der Waals surface area contributed by atoms with Gasteiger partial charge in [-0.3, -0.25) is 9.20 Å². The van der Waals surface area contributed by atoms with Gasteiger partial charge in [0.15, 0.2) is 23.0 Å². The number of rotatable bonds is 10. The Labute approximate surface area is 217 Å². The highest BCUT2D eigenvalue weighted by Crippen LogP contribution is 2.32. The largest absolute Gasteiger partial charge is 0.494 e. The molecule has 4 aromatic rings. The van der Waals surface area contributed by atoms with Gasteiger partial charge in [-0.1, -0.05) is 0 Å². The average Bonchev–Trinajstić information content (AvgIpc) is 3.30. The van der Waals surface area contributed by atoms with Gasteiger partial charge in [0, 0.05) is 41.2 Å². The third-order valence-electron chi connectivity index (χ3n) is 5.30. The SMILES string of the molecule is COc1ccc(-c2cnc3c(Nc4cc(F)c(C(=O)NCCOCCN)c(Br)c4)nccn23)c(F)c1F. The van der Waals surface area contributed by atoms with Gasteiger partial charge in [0.2, 0.25) is 5.82 Å². The van der Waals surface area contributed by atoms with Crippen molar-refractivity contribution in [1.29, 1.82) is 0 Å². The summed E-state index contributed by atoms with van der Waals surface area (Å²) in [6.07, 6.45) is 4.33. The zero-order valence-corrected chi connectivity index (χ0v) is 21.1. The molecule has 2 aromatic carbocycles. The summed E-state index contributed by atoms with van der Waals surface area (Å²) in [5.74, 6) is -3.58. The molecule has 0 bridgehead atoms. The maximum absolute atomic E-state index is 14.9. The maximum atomic E-state index is 14.9.